The zero-order chi connectivity index (χ0) is 14.7. The lowest BCUT2D eigenvalue weighted by molar-refractivity contribution is 0.116. The van der Waals surface area contributed by atoms with E-state index in [1.165, 1.54) is 25.9 Å². The summed E-state index contributed by atoms with van der Waals surface area (Å²) >= 11 is 0. The van der Waals surface area contributed by atoms with E-state index in [2.05, 4.69) is 19.8 Å². The van der Waals surface area contributed by atoms with E-state index in [-0.39, 0.29) is 18.5 Å². The van der Waals surface area contributed by atoms with Crippen LogP contribution in [0.15, 0.2) is 12.4 Å². The van der Waals surface area contributed by atoms with Gasteiger partial charge >= 0.3 is 0 Å². The Labute approximate surface area is 137 Å². The third-order valence-electron chi connectivity index (χ3n) is 4.42. The number of nitrogens with zero attached hydrogens (tertiary/aromatic N) is 5. The van der Waals surface area contributed by atoms with Crippen molar-refractivity contribution in [2.24, 2.45) is 0 Å². The maximum absolute atomic E-state index is 8.82. The van der Waals surface area contributed by atoms with E-state index in [1.807, 2.05) is 6.07 Å². The summed E-state index contributed by atoms with van der Waals surface area (Å²) in [4.78, 5) is 13.3. The number of hydrogen-bond donors (Lipinski definition) is 0. The molecule has 2 atom stereocenters. The van der Waals surface area contributed by atoms with Gasteiger partial charge in [0.05, 0.1) is 18.5 Å². The van der Waals surface area contributed by atoms with Crippen LogP contribution in [-0.4, -0.2) is 60.3 Å². The topological polar surface area (TPSA) is 65.3 Å². The predicted octanol–water partition coefficient (Wildman–Crippen LogP) is 1.46. The first kappa shape index (κ1) is 16.9. The lowest BCUT2D eigenvalue weighted by Gasteiger charge is -2.28. The van der Waals surface area contributed by atoms with Crippen molar-refractivity contribution in [3.8, 4) is 6.07 Å². The second kappa shape index (κ2) is 7.73. The molecule has 1 aromatic rings. The second-order valence-corrected chi connectivity index (χ2v) is 5.78. The fraction of sp³-hybridized carbons (Fsp3) is 0.667. The molecule has 0 N–H and O–H groups in total. The molecule has 0 aromatic carbocycles. The van der Waals surface area contributed by atoms with Crippen LogP contribution < -0.4 is 4.90 Å². The Balaban J connectivity index is 0.00000176. The number of nitriles is 1. The molecule has 22 heavy (non-hydrogen) atoms. The van der Waals surface area contributed by atoms with Crippen molar-refractivity contribution in [1.29, 1.82) is 5.26 Å². The number of halogens is 1. The highest BCUT2D eigenvalue weighted by Gasteiger charge is 2.34. The van der Waals surface area contributed by atoms with Crippen LogP contribution in [0.25, 0.3) is 0 Å². The molecule has 120 valence electrons. The maximum Gasteiger partial charge on any atom is 0.158 e. The van der Waals surface area contributed by atoms with Gasteiger partial charge in [-0.15, -0.1) is 12.4 Å². The normalized spacial score (nSPS) is 25.0. The quantitative estimate of drug-likeness (QED) is 0.836. The maximum atomic E-state index is 8.82. The van der Waals surface area contributed by atoms with Crippen molar-refractivity contribution in [2.75, 3.05) is 38.2 Å². The van der Waals surface area contributed by atoms with Gasteiger partial charge in [-0.05, 0) is 32.4 Å². The summed E-state index contributed by atoms with van der Waals surface area (Å²) in [5.41, 5.74) is 0.359. The van der Waals surface area contributed by atoms with E-state index in [9.17, 15) is 0 Å². The molecule has 3 rings (SSSR count). The first-order valence-corrected chi connectivity index (χ1v) is 7.54. The molecule has 0 aliphatic carbocycles. The highest BCUT2D eigenvalue weighted by Crippen LogP contribution is 2.26. The van der Waals surface area contributed by atoms with Gasteiger partial charge in [0, 0.05) is 26.2 Å². The summed E-state index contributed by atoms with van der Waals surface area (Å²) in [7, 11) is 1.77. The van der Waals surface area contributed by atoms with Gasteiger partial charge < -0.3 is 14.5 Å². The first-order chi connectivity index (χ1) is 10.3. The molecule has 0 bridgehead atoms. The van der Waals surface area contributed by atoms with Crippen LogP contribution in [0, 0.1) is 11.3 Å². The molecule has 0 spiro atoms. The van der Waals surface area contributed by atoms with Crippen molar-refractivity contribution < 1.29 is 4.74 Å². The van der Waals surface area contributed by atoms with E-state index in [0.29, 0.717) is 11.7 Å². The minimum absolute atomic E-state index is 0. The SMILES string of the molecule is CO[C@H]1C[C@@H](CN2CCCC2)N(c2cnc(C#N)cn2)C1.Cl. The molecule has 6 nitrogen and oxygen atoms in total. The standard InChI is InChI=1S/C15H21N5O.ClH/c1-21-14-6-13(10-19-4-2-3-5-19)20(11-14)15-9-17-12(7-16)8-18-15;/h8-9,13-14H,2-6,10-11H2,1H3;1H/t13-,14-;/m0./s1. The Bertz CT molecular complexity index is 512. The third-order valence-corrected chi connectivity index (χ3v) is 4.42. The van der Waals surface area contributed by atoms with Gasteiger partial charge in [0.15, 0.2) is 5.69 Å². The van der Waals surface area contributed by atoms with Crippen molar-refractivity contribution >= 4 is 18.2 Å². The lowest BCUT2D eigenvalue weighted by Crippen LogP contribution is -2.39. The fourth-order valence-corrected chi connectivity index (χ4v) is 3.29. The Morgan fingerprint density at radius 3 is 2.68 bits per heavy atom. The number of likely N-dealkylation sites (tertiary alicyclic amines) is 1. The molecule has 0 unspecified atom stereocenters. The highest BCUT2D eigenvalue weighted by molar-refractivity contribution is 5.85. The van der Waals surface area contributed by atoms with E-state index in [1.54, 1.807) is 19.5 Å². The summed E-state index contributed by atoms with van der Waals surface area (Å²) in [6, 6.07) is 2.42. The minimum Gasteiger partial charge on any atom is -0.380 e. The number of methoxy groups -OCH3 is 1. The second-order valence-electron chi connectivity index (χ2n) is 5.78. The zero-order valence-electron chi connectivity index (χ0n) is 12.8. The van der Waals surface area contributed by atoms with Gasteiger partial charge in [-0.3, -0.25) is 0 Å². The molecule has 2 saturated heterocycles. The molecule has 0 radical (unpaired) electrons. The number of aromatic nitrogens is 2. The number of ether oxygens (including phenoxy) is 1. The molecular formula is C15H22ClN5O. The molecule has 3 heterocycles. The Kier molecular flexibility index (Phi) is 5.95. The van der Waals surface area contributed by atoms with Gasteiger partial charge in [-0.25, -0.2) is 9.97 Å². The van der Waals surface area contributed by atoms with Crippen molar-refractivity contribution in [3.05, 3.63) is 18.1 Å². The van der Waals surface area contributed by atoms with Gasteiger partial charge in [0.1, 0.15) is 11.9 Å². The fourth-order valence-electron chi connectivity index (χ4n) is 3.29. The first-order valence-electron chi connectivity index (χ1n) is 7.54. The smallest absolute Gasteiger partial charge is 0.158 e. The largest absolute Gasteiger partial charge is 0.380 e. The Morgan fingerprint density at radius 2 is 2.09 bits per heavy atom. The number of rotatable bonds is 4. The molecule has 0 saturated carbocycles. The van der Waals surface area contributed by atoms with Crippen LogP contribution in [-0.2, 0) is 4.74 Å². The summed E-state index contributed by atoms with van der Waals surface area (Å²) < 4.78 is 5.54. The average molecular weight is 324 g/mol. The molecule has 0 amide bonds. The Morgan fingerprint density at radius 1 is 1.32 bits per heavy atom. The third kappa shape index (κ3) is 3.67. The monoisotopic (exact) mass is 323 g/mol. The summed E-state index contributed by atoms with van der Waals surface area (Å²) in [6.07, 6.45) is 7.12. The van der Waals surface area contributed by atoms with Crippen LogP contribution in [0.3, 0.4) is 0 Å². The van der Waals surface area contributed by atoms with Gasteiger partial charge in [-0.2, -0.15) is 5.26 Å². The predicted molar refractivity (Wildman–Crippen MR) is 86.2 cm³/mol. The molecule has 1 aromatic heterocycles. The summed E-state index contributed by atoms with van der Waals surface area (Å²) in [5.74, 6) is 0.845. The van der Waals surface area contributed by atoms with Crippen LogP contribution in [0.5, 0.6) is 0 Å². The van der Waals surface area contributed by atoms with E-state index in [0.717, 1.165) is 25.3 Å². The average Bonchev–Trinajstić information content (AvgIpc) is 3.17. The lowest BCUT2D eigenvalue weighted by atomic mass is 10.2. The summed E-state index contributed by atoms with van der Waals surface area (Å²) in [6.45, 7) is 4.29. The van der Waals surface area contributed by atoms with Crippen LogP contribution in [0.4, 0.5) is 5.82 Å². The molecule has 2 fully saturated rings. The molecule has 2 aliphatic heterocycles. The van der Waals surface area contributed by atoms with E-state index < -0.39 is 0 Å². The minimum atomic E-state index is 0. The number of anilines is 1. The highest BCUT2D eigenvalue weighted by atomic mass is 35.5. The molecule has 7 heteroatoms. The van der Waals surface area contributed by atoms with Crippen molar-refractivity contribution in [1.82, 2.24) is 14.9 Å². The van der Waals surface area contributed by atoms with Gasteiger partial charge in [0.25, 0.3) is 0 Å². The Hall–Kier alpha value is -1.42. The van der Waals surface area contributed by atoms with Crippen LogP contribution in [0.2, 0.25) is 0 Å². The van der Waals surface area contributed by atoms with Crippen LogP contribution >= 0.6 is 12.4 Å². The van der Waals surface area contributed by atoms with E-state index >= 15 is 0 Å². The van der Waals surface area contributed by atoms with Gasteiger partial charge in [0.2, 0.25) is 0 Å². The molecule has 2 aliphatic rings. The molecular weight excluding hydrogens is 302 g/mol. The summed E-state index contributed by atoms with van der Waals surface area (Å²) in [5, 5.41) is 8.82. The van der Waals surface area contributed by atoms with Gasteiger partial charge in [-0.1, -0.05) is 0 Å². The number of hydrogen-bond acceptors (Lipinski definition) is 6. The van der Waals surface area contributed by atoms with Crippen molar-refractivity contribution in [3.63, 3.8) is 0 Å². The zero-order valence-corrected chi connectivity index (χ0v) is 13.6. The van der Waals surface area contributed by atoms with Crippen molar-refractivity contribution in [2.45, 2.75) is 31.4 Å². The van der Waals surface area contributed by atoms with E-state index in [4.69, 9.17) is 10.00 Å². The van der Waals surface area contributed by atoms with Crippen LogP contribution in [0.1, 0.15) is 25.0 Å².